The predicted molar refractivity (Wildman–Crippen MR) is 126 cm³/mol. The fourth-order valence-electron chi connectivity index (χ4n) is 3.66. The van der Waals surface area contributed by atoms with Gasteiger partial charge in [0.2, 0.25) is 0 Å². The van der Waals surface area contributed by atoms with Crippen molar-refractivity contribution in [1.29, 1.82) is 0 Å². The molecule has 3 nitrogen and oxygen atoms in total. The molecule has 160 valence electrons. The summed E-state index contributed by atoms with van der Waals surface area (Å²) in [7, 11) is -0.181. The van der Waals surface area contributed by atoms with Gasteiger partial charge in [-0.1, -0.05) is 36.0 Å². The molecule has 0 aromatic heterocycles. The molecule has 3 aromatic rings. The van der Waals surface area contributed by atoms with Gasteiger partial charge in [0.15, 0.2) is 21.3 Å². The Kier molecular flexibility index (Phi) is 6.09. The molecule has 1 aliphatic heterocycles. The zero-order valence-electron chi connectivity index (χ0n) is 18.5. The highest BCUT2D eigenvalue weighted by molar-refractivity contribution is 8.04. The monoisotopic (exact) mass is 451 g/mol. The van der Waals surface area contributed by atoms with E-state index in [4.69, 9.17) is 9.47 Å². The molecule has 0 amide bonds. The molecule has 0 atom stereocenters. The van der Waals surface area contributed by atoms with Crippen molar-refractivity contribution < 1.29 is 14.3 Å². The van der Waals surface area contributed by atoms with Crippen LogP contribution in [0.3, 0.4) is 0 Å². The maximum atomic E-state index is 12.1. The van der Waals surface area contributed by atoms with Crippen LogP contribution >= 0.6 is 11.8 Å². The number of aryl methyl sites for hydroxylation is 2. The van der Waals surface area contributed by atoms with E-state index in [2.05, 4.69) is 60.7 Å². The normalized spacial score (nSPS) is 13.3. The summed E-state index contributed by atoms with van der Waals surface area (Å²) in [5.41, 5.74) is 1.54. The summed E-state index contributed by atoms with van der Waals surface area (Å²) in [6.45, 7) is 9.56. The van der Waals surface area contributed by atoms with Gasteiger partial charge in [0.05, 0.1) is 9.79 Å². The van der Waals surface area contributed by atoms with Gasteiger partial charge in [0.1, 0.15) is 22.2 Å². The van der Waals surface area contributed by atoms with E-state index in [9.17, 15) is 4.79 Å². The van der Waals surface area contributed by atoms with Crippen LogP contribution in [0, 0.1) is 13.8 Å². The first-order chi connectivity index (χ1) is 14.7. The van der Waals surface area contributed by atoms with Crippen LogP contribution in [0.15, 0.2) is 85.1 Å². The second kappa shape index (κ2) is 8.64. The minimum absolute atomic E-state index is 0.0910. The molecule has 0 fully saturated rings. The SMILES string of the molecule is Cc1cc([S+]2c3ccccc3Sc3ccccc32)cc(C)c1OCC(=O)OC(C)(C)C. The molecule has 31 heavy (non-hydrogen) atoms. The molecule has 5 heteroatoms. The van der Waals surface area contributed by atoms with Gasteiger partial charge in [0.25, 0.3) is 0 Å². The summed E-state index contributed by atoms with van der Waals surface area (Å²) < 4.78 is 11.3. The summed E-state index contributed by atoms with van der Waals surface area (Å²) in [6.07, 6.45) is 0. The number of hydrogen-bond donors (Lipinski definition) is 0. The summed E-state index contributed by atoms with van der Waals surface area (Å²) in [5.74, 6) is 0.399. The molecule has 0 spiro atoms. The van der Waals surface area contributed by atoms with Crippen molar-refractivity contribution in [1.82, 2.24) is 0 Å². The Hall–Kier alpha value is -2.37. The molecule has 0 bridgehead atoms. The lowest BCUT2D eigenvalue weighted by Crippen LogP contribution is -2.27. The van der Waals surface area contributed by atoms with Crippen LogP contribution in [-0.4, -0.2) is 18.2 Å². The Morgan fingerprint density at radius 3 is 1.94 bits per heavy atom. The Bertz CT molecular complexity index is 1060. The van der Waals surface area contributed by atoms with Gasteiger partial charge >= 0.3 is 5.97 Å². The maximum Gasteiger partial charge on any atom is 0.344 e. The van der Waals surface area contributed by atoms with E-state index >= 15 is 0 Å². The van der Waals surface area contributed by atoms with Crippen molar-refractivity contribution in [3.8, 4) is 5.75 Å². The van der Waals surface area contributed by atoms with E-state index in [-0.39, 0.29) is 23.5 Å². The Morgan fingerprint density at radius 1 is 0.903 bits per heavy atom. The summed E-state index contributed by atoms with van der Waals surface area (Å²) >= 11 is 1.84. The quantitative estimate of drug-likeness (QED) is 0.259. The molecule has 1 aliphatic rings. The fraction of sp³-hybridized carbons (Fsp3) is 0.269. The Morgan fingerprint density at radius 2 is 1.42 bits per heavy atom. The minimum atomic E-state index is -0.519. The van der Waals surface area contributed by atoms with Crippen molar-refractivity contribution in [3.05, 3.63) is 71.8 Å². The number of carbonyl (C=O) groups excluding carboxylic acids is 1. The van der Waals surface area contributed by atoms with Crippen LogP contribution in [0.25, 0.3) is 0 Å². The first-order valence-electron chi connectivity index (χ1n) is 10.3. The van der Waals surface area contributed by atoms with Crippen LogP contribution in [-0.2, 0) is 20.4 Å². The van der Waals surface area contributed by atoms with Crippen molar-refractivity contribution in [2.45, 2.75) is 64.7 Å². The standard InChI is InChI=1S/C26H27O3S2/c1-17-14-19(15-18(2)25(17)28-16-24(27)29-26(3,4)5)31-22-12-8-6-10-20(22)30-21-11-7-9-13-23(21)31/h6-15H,16H2,1-5H3/q+1. The van der Waals surface area contributed by atoms with E-state index in [1.165, 1.54) is 24.5 Å². The second-order valence-corrected chi connectivity index (χ2v) is 11.6. The van der Waals surface area contributed by atoms with E-state index in [1.54, 1.807) is 0 Å². The average Bonchev–Trinajstić information content (AvgIpc) is 2.70. The van der Waals surface area contributed by atoms with E-state index < -0.39 is 5.60 Å². The first kappa shape index (κ1) is 21.8. The van der Waals surface area contributed by atoms with Crippen molar-refractivity contribution in [3.63, 3.8) is 0 Å². The highest BCUT2D eigenvalue weighted by atomic mass is 32.2. The molecule has 0 N–H and O–H groups in total. The van der Waals surface area contributed by atoms with Crippen LogP contribution in [0.5, 0.6) is 5.75 Å². The molecule has 4 rings (SSSR count). The summed E-state index contributed by atoms with van der Waals surface area (Å²) in [4.78, 5) is 18.7. The molecular formula is C26H27O3S2+. The molecular weight excluding hydrogens is 424 g/mol. The Labute approximate surface area is 191 Å². The molecule has 3 aromatic carbocycles. The third kappa shape index (κ3) is 4.78. The molecule has 0 saturated heterocycles. The van der Waals surface area contributed by atoms with Crippen LogP contribution in [0.1, 0.15) is 31.9 Å². The number of carbonyl (C=O) groups is 1. The predicted octanol–water partition coefficient (Wildman–Crippen LogP) is 6.58. The van der Waals surface area contributed by atoms with Crippen LogP contribution < -0.4 is 4.74 Å². The number of hydrogen-bond acceptors (Lipinski definition) is 4. The molecule has 0 radical (unpaired) electrons. The largest absolute Gasteiger partial charge is 0.481 e. The Balaban J connectivity index is 1.67. The van der Waals surface area contributed by atoms with Crippen LogP contribution in [0.2, 0.25) is 0 Å². The van der Waals surface area contributed by atoms with Gasteiger partial charge in [-0.3, -0.25) is 0 Å². The maximum absolute atomic E-state index is 12.1. The number of rotatable bonds is 4. The summed E-state index contributed by atoms with van der Waals surface area (Å²) in [5, 5.41) is 0. The zero-order valence-corrected chi connectivity index (χ0v) is 20.2. The average molecular weight is 452 g/mol. The second-order valence-electron chi connectivity index (χ2n) is 8.56. The molecule has 0 saturated carbocycles. The number of benzene rings is 3. The third-order valence-corrected chi connectivity index (χ3v) is 8.49. The van der Waals surface area contributed by atoms with E-state index in [1.807, 2.05) is 46.4 Å². The lowest BCUT2D eigenvalue weighted by Gasteiger charge is -2.21. The van der Waals surface area contributed by atoms with Gasteiger partial charge in [-0.05, 0) is 70.0 Å². The number of esters is 1. The lowest BCUT2D eigenvalue weighted by molar-refractivity contribution is -0.157. The fourth-order valence-corrected chi connectivity index (χ4v) is 7.57. The minimum Gasteiger partial charge on any atom is -0.481 e. The van der Waals surface area contributed by atoms with Gasteiger partial charge in [-0.25, -0.2) is 4.79 Å². The first-order valence-corrected chi connectivity index (χ1v) is 12.3. The van der Waals surface area contributed by atoms with Crippen LogP contribution in [0.4, 0.5) is 0 Å². The molecule has 0 unspecified atom stereocenters. The highest BCUT2D eigenvalue weighted by Crippen LogP contribution is 2.48. The zero-order chi connectivity index (χ0) is 22.2. The number of ether oxygens (including phenoxy) is 2. The van der Waals surface area contributed by atoms with E-state index in [0.29, 0.717) is 0 Å². The third-order valence-electron chi connectivity index (χ3n) is 4.78. The van der Waals surface area contributed by atoms with E-state index in [0.717, 1.165) is 16.9 Å². The molecule has 0 aliphatic carbocycles. The topological polar surface area (TPSA) is 35.5 Å². The van der Waals surface area contributed by atoms with Gasteiger partial charge in [-0.15, -0.1) is 0 Å². The smallest absolute Gasteiger partial charge is 0.344 e. The van der Waals surface area contributed by atoms with Crippen molar-refractivity contribution in [2.75, 3.05) is 6.61 Å². The molecule has 1 heterocycles. The highest BCUT2D eigenvalue weighted by Gasteiger charge is 2.38. The number of fused-ring (bicyclic) bond motifs is 2. The van der Waals surface area contributed by atoms with Gasteiger partial charge in [-0.2, -0.15) is 0 Å². The van der Waals surface area contributed by atoms with Crippen molar-refractivity contribution in [2.24, 2.45) is 0 Å². The van der Waals surface area contributed by atoms with Gasteiger partial charge in [0, 0.05) is 12.1 Å². The van der Waals surface area contributed by atoms with Crippen molar-refractivity contribution >= 4 is 28.6 Å². The lowest BCUT2D eigenvalue weighted by atomic mass is 10.1. The summed E-state index contributed by atoms with van der Waals surface area (Å²) in [6, 6.07) is 21.7. The van der Waals surface area contributed by atoms with Gasteiger partial charge < -0.3 is 9.47 Å².